The van der Waals surface area contributed by atoms with Crippen LogP contribution in [0, 0.1) is 29.1 Å². The lowest BCUT2D eigenvalue weighted by Crippen LogP contribution is -2.61. The lowest BCUT2D eigenvalue weighted by Gasteiger charge is -2.54. The Morgan fingerprint density at radius 1 is 1.03 bits per heavy atom. The molecule has 11 atom stereocenters. The van der Waals surface area contributed by atoms with Gasteiger partial charge in [0.1, 0.15) is 18.3 Å². The Labute approximate surface area is 187 Å². The molecule has 0 aromatic carbocycles. The number of ketones is 1. The zero-order valence-corrected chi connectivity index (χ0v) is 18.4. The van der Waals surface area contributed by atoms with Crippen LogP contribution in [-0.4, -0.2) is 69.0 Å². The maximum Gasteiger partial charge on any atom is 0.335 e. The second-order valence-electron chi connectivity index (χ2n) is 10.8. The monoisotopic (exact) mass is 450 g/mol. The molecule has 0 bridgehead atoms. The molecular weight excluding hydrogens is 416 g/mol. The molecule has 1 heterocycles. The van der Waals surface area contributed by atoms with Gasteiger partial charge in [-0.25, -0.2) is 4.79 Å². The van der Waals surface area contributed by atoms with Gasteiger partial charge < -0.3 is 29.9 Å². The molecule has 5 rings (SSSR count). The van der Waals surface area contributed by atoms with Crippen LogP contribution in [0.1, 0.15) is 58.3 Å². The minimum absolute atomic E-state index is 0.115. The van der Waals surface area contributed by atoms with Crippen molar-refractivity contribution in [3.63, 3.8) is 0 Å². The average molecular weight is 451 g/mol. The highest BCUT2D eigenvalue weighted by Gasteiger charge is 2.58. The Hall–Kier alpha value is -1.32. The molecule has 0 aromatic rings. The number of fused-ring (bicyclic) bond motifs is 5. The van der Waals surface area contributed by atoms with Crippen molar-refractivity contribution in [2.75, 3.05) is 0 Å². The van der Waals surface area contributed by atoms with Crippen LogP contribution < -0.4 is 0 Å². The molecule has 4 N–H and O–H groups in total. The molecule has 3 saturated carbocycles. The molecular formula is C24H34O8. The van der Waals surface area contributed by atoms with E-state index in [1.165, 1.54) is 5.57 Å². The predicted molar refractivity (Wildman–Crippen MR) is 111 cm³/mol. The highest BCUT2D eigenvalue weighted by molar-refractivity contribution is 5.91. The highest BCUT2D eigenvalue weighted by atomic mass is 16.7. The molecule has 8 heteroatoms. The van der Waals surface area contributed by atoms with Crippen molar-refractivity contribution in [2.24, 2.45) is 29.1 Å². The van der Waals surface area contributed by atoms with Crippen LogP contribution in [0.2, 0.25) is 0 Å². The number of aliphatic hydroxyl groups is 3. The van der Waals surface area contributed by atoms with E-state index in [1.807, 2.05) is 6.08 Å². The molecule has 0 radical (unpaired) electrons. The van der Waals surface area contributed by atoms with Gasteiger partial charge in [0.25, 0.3) is 0 Å². The smallest absolute Gasteiger partial charge is 0.335 e. The summed E-state index contributed by atoms with van der Waals surface area (Å²) in [6.45, 7) is 2.23. The molecule has 32 heavy (non-hydrogen) atoms. The van der Waals surface area contributed by atoms with Crippen LogP contribution in [-0.2, 0) is 19.1 Å². The first-order valence-corrected chi connectivity index (χ1v) is 12.0. The van der Waals surface area contributed by atoms with Crippen LogP contribution in [0.3, 0.4) is 0 Å². The van der Waals surface area contributed by atoms with E-state index in [1.54, 1.807) is 0 Å². The Kier molecular flexibility index (Phi) is 5.73. The lowest BCUT2D eigenvalue weighted by atomic mass is 9.52. The normalized spacial score (nSPS) is 50.8. The van der Waals surface area contributed by atoms with Gasteiger partial charge in [-0.05, 0) is 80.1 Å². The standard InChI is InChI=1S/C24H34O8/c1-24-9-8-14-13-5-3-12(25)10-11(13)2-4-15(14)16(24)6-7-17(24)31-23-20(28)18(26)19(27)21(32-23)22(29)30/h10,13-21,23,26-28H,2-9H2,1H3,(H,29,30)/t13-,14+,15+,16-,17-,18?,19?,20?,21?,23?,24-/m1/s1. The fourth-order valence-electron chi connectivity index (χ4n) is 7.68. The third kappa shape index (κ3) is 3.46. The minimum Gasteiger partial charge on any atom is -0.479 e. The Morgan fingerprint density at radius 3 is 2.56 bits per heavy atom. The summed E-state index contributed by atoms with van der Waals surface area (Å²) in [7, 11) is 0. The average Bonchev–Trinajstić information content (AvgIpc) is 3.09. The van der Waals surface area contributed by atoms with Gasteiger partial charge in [0.2, 0.25) is 0 Å². The third-order valence-electron chi connectivity index (χ3n) is 9.32. The molecule has 8 nitrogen and oxygen atoms in total. The van der Waals surface area contributed by atoms with Crippen LogP contribution in [0.4, 0.5) is 0 Å². The van der Waals surface area contributed by atoms with Gasteiger partial charge in [0, 0.05) is 6.42 Å². The van der Waals surface area contributed by atoms with Crippen molar-refractivity contribution in [3.8, 4) is 0 Å². The number of allylic oxidation sites excluding steroid dienone is 1. The van der Waals surface area contributed by atoms with Gasteiger partial charge in [-0.2, -0.15) is 0 Å². The predicted octanol–water partition coefficient (Wildman–Crippen LogP) is 1.41. The highest BCUT2D eigenvalue weighted by Crippen LogP contribution is 2.62. The number of carbonyl (C=O) groups is 2. The second kappa shape index (κ2) is 8.17. The van der Waals surface area contributed by atoms with E-state index >= 15 is 0 Å². The van der Waals surface area contributed by atoms with E-state index in [0.717, 1.165) is 44.9 Å². The summed E-state index contributed by atoms with van der Waals surface area (Å²) < 4.78 is 11.6. The van der Waals surface area contributed by atoms with Crippen molar-refractivity contribution in [3.05, 3.63) is 11.6 Å². The third-order valence-corrected chi connectivity index (χ3v) is 9.32. The lowest BCUT2D eigenvalue weighted by molar-refractivity contribution is -0.312. The summed E-state index contributed by atoms with van der Waals surface area (Å²) in [6, 6.07) is 0. The number of rotatable bonds is 3. The molecule has 4 fully saturated rings. The Bertz CT molecular complexity index is 810. The molecule has 1 aliphatic heterocycles. The van der Waals surface area contributed by atoms with Crippen molar-refractivity contribution < 1.29 is 39.5 Å². The Morgan fingerprint density at radius 2 is 1.81 bits per heavy atom. The number of aliphatic carboxylic acids is 1. The largest absolute Gasteiger partial charge is 0.479 e. The number of aliphatic hydroxyl groups excluding tert-OH is 3. The first-order valence-electron chi connectivity index (χ1n) is 12.0. The number of carboxylic acid groups (broad SMARTS) is 1. The summed E-state index contributed by atoms with van der Waals surface area (Å²) in [5, 5.41) is 39.8. The number of carboxylic acids is 1. The second-order valence-corrected chi connectivity index (χ2v) is 10.8. The van der Waals surface area contributed by atoms with E-state index in [2.05, 4.69) is 6.92 Å². The minimum atomic E-state index is -1.71. The Balaban J connectivity index is 1.31. The molecule has 5 aliphatic rings. The maximum absolute atomic E-state index is 11.9. The number of carbonyl (C=O) groups excluding carboxylic acids is 1. The fourth-order valence-corrected chi connectivity index (χ4v) is 7.68. The van der Waals surface area contributed by atoms with Crippen molar-refractivity contribution in [1.29, 1.82) is 0 Å². The number of ether oxygens (including phenoxy) is 2. The molecule has 0 amide bonds. The summed E-state index contributed by atoms with van der Waals surface area (Å²) >= 11 is 0. The molecule has 0 spiro atoms. The van der Waals surface area contributed by atoms with Gasteiger partial charge in [0.15, 0.2) is 18.2 Å². The van der Waals surface area contributed by atoms with E-state index in [9.17, 15) is 30.0 Å². The quantitative estimate of drug-likeness (QED) is 0.507. The molecule has 4 aliphatic carbocycles. The van der Waals surface area contributed by atoms with Gasteiger partial charge in [-0.1, -0.05) is 12.5 Å². The van der Waals surface area contributed by atoms with Gasteiger partial charge in [-0.3, -0.25) is 4.79 Å². The first kappa shape index (κ1) is 22.5. The maximum atomic E-state index is 11.9. The zero-order chi connectivity index (χ0) is 22.8. The topological polar surface area (TPSA) is 134 Å². The van der Waals surface area contributed by atoms with Crippen LogP contribution in [0.5, 0.6) is 0 Å². The SMILES string of the molecule is C[C@@]12CC[C@@H]3[C@H](CCC4=CC(=O)CC[C@H]43)[C@H]1CC[C@H]2OC1OC(C(=O)O)C(O)C(O)C1O. The van der Waals surface area contributed by atoms with E-state index in [0.29, 0.717) is 30.1 Å². The van der Waals surface area contributed by atoms with Gasteiger partial charge in [0.05, 0.1) is 6.10 Å². The van der Waals surface area contributed by atoms with Crippen molar-refractivity contribution in [2.45, 2.75) is 95.1 Å². The molecule has 1 saturated heterocycles. The van der Waals surface area contributed by atoms with Gasteiger partial charge >= 0.3 is 5.97 Å². The summed E-state index contributed by atoms with van der Waals surface area (Å²) in [4.78, 5) is 23.3. The number of hydrogen-bond acceptors (Lipinski definition) is 7. The van der Waals surface area contributed by atoms with Crippen LogP contribution in [0.15, 0.2) is 11.6 Å². The van der Waals surface area contributed by atoms with Crippen LogP contribution in [0.25, 0.3) is 0 Å². The molecule has 0 aromatic heterocycles. The first-order chi connectivity index (χ1) is 15.2. The van der Waals surface area contributed by atoms with Crippen LogP contribution >= 0.6 is 0 Å². The van der Waals surface area contributed by atoms with Crippen molar-refractivity contribution >= 4 is 11.8 Å². The van der Waals surface area contributed by atoms with E-state index in [-0.39, 0.29) is 17.3 Å². The van der Waals surface area contributed by atoms with E-state index in [4.69, 9.17) is 9.47 Å². The molecule has 178 valence electrons. The number of hydrogen-bond donors (Lipinski definition) is 4. The molecule has 5 unspecified atom stereocenters. The van der Waals surface area contributed by atoms with Crippen molar-refractivity contribution in [1.82, 2.24) is 0 Å². The summed E-state index contributed by atoms with van der Waals surface area (Å²) in [6.07, 6.45) is 1.41. The zero-order valence-electron chi connectivity index (χ0n) is 18.4. The summed E-state index contributed by atoms with van der Waals surface area (Å²) in [5.41, 5.74) is 1.23. The fraction of sp³-hybridized carbons (Fsp3) is 0.833. The van der Waals surface area contributed by atoms with Gasteiger partial charge in [-0.15, -0.1) is 0 Å². The summed E-state index contributed by atoms with van der Waals surface area (Å²) in [5.74, 6) is 1.04. The van der Waals surface area contributed by atoms with E-state index < -0.39 is 36.7 Å².